The zero-order valence-corrected chi connectivity index (χ0v) is 12.2. The third-order valence-electron chi connectivity index (χ3n) is 4.19. The van der Waals surface area contributed by atoms with Crippen LogP contribution in [0.5, 0.6) is 0 Å². The van der Waals surface area contributed by atoms with Crippen LogP contribution in [0.25, 0.3) is 0 Å². The molecule has 19 heavy (non-hydrogen) atoms. The van der Waals surface area contributed by atoms with E-state index in [0.717, 1.165) is 24.8 Å². The summed E-state index contributed by atoms with van der Waals surface area (Å²) in [5.74, 6) is 1.25. The highest BCUT2D eigenvalue weighted by atomic mass is 32.2. The molecule has 1 N–H and O–H groups in total. The van der Waals surface area contributed by atoms with Gasteiger partial charge in [0.25, 0.3) is 0 Å². The van der Waals surface area contributed by atoms with Crippen LogP contribution < -0.4 is 5.32 Å². The van der Waals surface area contributed by atoms with Crippen LogP contribution in [-0.2, 0) is 6.54 Å². The summed E-state index contributed by atoms with van der Waals surface area (Å²) in [5.41, 5.74) is 0.526. The van der Waals surface area contributed by atoms with Crippen molar-refractivity contribution < 1.29 is 0 Å². The maximum atomic E-state index is 4.77. The van der Waals surface area contributed by atoms with E-state index in [4.69, 9.17) is 4.99 Å². The molecule has 0 amide bonds. The minimum absolute atomic E-state index is 0.526. The molecule has 0 aromatic carbocycles. The summed E-state index contributed by atoms with van der Waals surface area (Å²) in [6.07, 6.45) is 12.7. The van der Waals surface area contributed by atoms with Gasteiger partial charge in [0.2, 0.25) is 0 Å². The van der Waals surface area contributed by atoms with Gasteiger partial charge in [-0.3, -0.25) is 4.99 Å². The normalized spacial score (nSPS) is 22.2. The fourth-order valence-electron chi connectivity index (χ4n) is 2.97. The largest absolute Gasteiger partial charge is 0.363 e. The minimum Gasteiger partial charge on any atom is -0.363 e. The molecule has 0 radical (unpaired) electrons. The Labute approximate surface area is 119 Å². The van der Waals surface area contributed by atoms with Gasteiger partial charge in [0.1, 0.15) is 0 Å². The van der Waals surface area contributed by atoms with E-state index in [1.54, 1.807) is 0 Å². The summed E-state index contributed by atoms with van der Waals surface area (Å²) >= 11 is 1.92. The number of hydrogen-bond acceptors (Lipinski definition) is 4. The lowest BCUT2D eigenvalue weighted by Crippen LogP contribution is -2.37. The quantitative estimate of drug-likeness (QED) is 0.924. The Kier molecular flexibility index (Phi) is 4.11. The standard InChI is InChI=1S/C14H22N4S/c1-2-4-14(5-3-1)10-17-13(19-11-14)16-7-9-18-8-6-15-12-18/h6,8,12H,1-5,7,9-11H2,(H,16,17). The van der Waals surface area contributed by atoms with Crippen LogP contribution >= 0.6 is 11.8 Å². The van der Waals surface area contributed by atoms with E-state index < -0.39 is 0 Å². The number of aliphatic imine (C=N–C) groups is 1. The zero-order chi connectivity index (χ0) is 13.0. The highest BCUT2D eigenvalue weighted by molar-refractivity contribution is 8.13. The van der Waals surface area contributed by atoms with Gasteiger partial charge >= 0.3 is 0 Å². The predicted molar refractivity (Wildman–Crippen MR) is 80.5 cm³/mol. The van der Waals surface area contributed by atoms with Crippen molar-refractivity contribution in [2.24, 2.45) is 10.4 Å². The van der Waals surface area contributed by atoms with Gasteiger partial charge in [-0.05, 0) is 18.3 Å². The number of hydrogen-bond donors (Lipinski definition) is 1. The molecule has 2 aliphatic rings. The number of nitrogens with one attached hydrogen (secondary N) is 1. The van der Waals surface area contributed by atoms with E-state index in [-0.39, 0.29) is 0 Å². The van der Waals surface area contributed by atoms with Crippen molar-refractivity contribution in [3.8, 4) is 0 Å². The van der Waals surface area contributed by atoms with E-state index >= 15 is 0 Å². The molecule has 1 aliphatic carbocycles. The van der Waals surface area contributed by atoms with Gasteiger partial charge < -0.3 is 9.88 Å². The number of aromatic nitrogens is 2. The summed E-state index contributed by atoms with van der Waals surface area (Å²) in [6, 6.07) is 0. The Morgan fingerprint density at radius 3 is 2.89 bits per heavy atom. The number of rotatable bonds is 3. The van der Waals surface area contributed by atoms with E-state index in [0.29, 0.717) is 5.41 Å². The van der Waals surface area contributed by atoms with Crippen molar-refractivity contribution >= 4 is 16.9 Å². The van der Waals surface area contributed by atoms with Crippen LogP contribution in [0.15, 0.2) is 23.7 Å². The second-order valence-corrected chi connectivity index (χ2v) is 6.66. The summed E-state index contributed by atoms with van der Waals surface area (Å²) in [6.45, 7) is 2.91. The molecule has 5 heteroatoms. The van der Waals surface area contributed by atoms with Crippen LogP contribution in [0.3, 0.4) is 0 Å². The first kappa shape index (κ1) is 13.0. The Bertz CT molecular complexity index is 421. The summed E-state index contributed by atoms with van der Waals surface area (Å²) in [4.78, 5) is 8.81. The van der Waals surface area contributed by atoms with Gasteiger partial charge in [-0.2, -0.15) is 0 Å². The van der Waals surface area contributed by atoms with Crippen molar-refractivity contribution in [3.63, 3.8) is 0 Å². The Morgan fingerprint density at radius 2 is 2.21 bits per heavy atom. The predicted octanol–water partition coefficient (Wildman–Crippen LogP) is 2.53. The molecule has 104 valence electrons. The first-order chi connectivity index (χ1) is 9.36. The van der Waals surface area contributed by atoms with Crippen LogP contribution in [-0.4, -0.2) is 33.6 Å². The van der Waals surface area contributed by atoms with Crippen LogP contribution in [0.2, 0.25) is 0 Å². The number of nitrogens with zero attached hydrogens (tertiary/aromatic N) is 3. The van der Waals surface area contributed by atoms with Crippen molar-refractivity contribution in [1.29, 1.82) is 0 Å². The minimum atomic E-state index is 0.526. The fourth-order valence-corrected chi connectivity index (χ4v) is 4.16. The topological polar surface area (TPSA) is 42.2 Å². The molecule has 1 aliphatic heterocycles. The average molecular weight is 278 g/mol. The molecule has 1 aromatic rings. The van der Waals surface area contributed by atoms with Crippen molar-refractivity contribution in [2.45, 2.75) is 38.6 Å². The Balaban J connectivity index is 1.45. The molecule has 0 atom stereocenters. The molecule has 1 aromatic heterocycles. The maximum absolute atomic E-state index is 4.77. The van der Waals surface area contributed by atoms with Crippen LogP contribution in [0.1, 0.15) is 32.1 Å². The highest BCUT2D eigenvalue weighted by Gasteiger charge is 2.34. The zero-order valence-electron chi connectivity index (χ0n) is 11.3. The smallest absolute Gasteiger partial charge is 0.156 e. The second kappa shape index (κ2) is 5.99. The van der Waals surface area contributed by atoms with E-state index in [9.17, 15) is 0 Å². The fraction of sp³-hybridized carbons (Fsp3) is 0.714. The molecule has 0 unspecified atom stereocenters. The maximum Gasteiger partial charge on any atom is 0.156 e. The lowest BCUT2D eigenvalue weighted by Gasteiger charge is -2.38. The van der Waals surface area contributed by atoms with Gasteiger partial charge in [-0.15, -0.1) is 0 Å². The molecule has 2 heterocycles. The van der Waals surface area contributed by atoms with Crippen molar-refractivity contribution in [2.75, 3.05) is 18.8 Å². The second-order valence-electron chi connectivity index (χ2n) is 5.70. The van der Waals surface area contributed by atoms with Crippen LogP contribution in [0.4, 0.5) is 0 Å². The lowest BCUT2D eigenvalue weighted by atomic mass is 9.75. The molecular weight excluding hydrogens is 256 g/mol. The summed E-state index contributed by atoms with van der Waals surface area (Å²) in [5, 5.41) is 4.58. The molecular formula is C14H22N4S. The molecule has 1 saturated carbocycles. The molecule has 1 fully saturated rings. The number of imidazole rings is 1. The van der Waals surface area contributed by atoms with Gasteiger partial charge in [-0.1, -0.05) is 31.0 Å². The van der Waals surface area contributed by atoms with Gasteiger partial charge in [0, 0.05) is 37.8 Å². The third kappa shape index (κ3) is 3.32. The SMILES string of the molecule is c1cn(CCNC2=NCC3(CCCCC3)CS2)cn1. The number of thioether (sulfide) groups is 1. The van der Waals surface area contributed by atoms with Gasteiger partial charge in [-0.25, -0.2) is 4.98 Å². The first-order valence-electron chi connectivity index (χ1n) is 7.23. The van der Waals surface area contributed by atoms with Crippen LogP contribution in [0, 0.1) is 5.41 Å². The molecule has 1 spiro atoms. The number of amidine groups is 1. The molecule has 0 bridgehead atoms. The van der Waals surface area contributed by atoms with E-state index in [1.165, 1.54) is 37.9 Å². The molecule has 4 nitrogen and oxygen atoms in total. The van der Waals surface area contributed by atoms with Crippen molar-refractivity contribution in [3.05, 3.63) is 18.7 Å². The van der Waals surface area contributed by atoms with Crippen molar-refractivity contribution in [1.82, 2.24) is 14.9 Å². The highest BCUT2D eigenvalue weighted by Crippen LogP contribution is 2.41. The molecule has 3 rings (SSSR count). The summed E-state index contributed by atoms with van der Waals surface area (Å²) < 4.78 is 2.09. The van der Waals surface area contributed by atoms with Gasteiger partial charge in [0.05, 0.1) is 6.33 Å². The van der Waals surface area contributed by atoms with E-state index in [1.807, 2.05) is 30.5 Å². The average Bonchev–Trinajstić information content (AvgIpc) is 2.96. The van der Waals surface area contributed by atoms with Gasteiger partial charge in [0.15, 0.2) is 5.17 Å². The molecule has 0 saturated heterocycles. The lowest BCUT2D eigenvalue weighted by molar-refractivity contribution is 0.232. The summed E-state index contributed by atoms with van der Waals surface area (Å²) in [7, 11) is 0. The third-order valence-corrected chi connectivity index (χ3v) is 5.50. The monoisotopic (exact) mass is 278 g/mol. The first-order valence-corrected chi connectivity index (χ1v) is 8.22. The van der Waals surface area contributed by atoms with E-state index in [2.05, 4.69) is 14.9 Å². The Hall–Kier alpha value is -0.970. The Morgan fingerprint density at radius 1 is 1.32 bits per heavy atom.